The summed E-state index contributed by atoms with van der Waals surface area (Å²) in [7, 11) is 0. The fourth-order valence-corrected chi connectivity index (χ4v) is 2.83. The van der Waals surface area contributed by atoms with Crippen molar-refractivity contribution in [2.75, 3.05) is 13.1 Å². The Bertz CT molecular complexity index is 721. The van der Waals surface area contributed by atoms with Gasteiger partial charge in [-0.2, -0.15) is 5.10 Å². The minimum atomic E-state index is 0. The van der Waals surface area contributed by atoms with E-state index in [0.29, 0.717) is 6.04 Å². The molecular weight excluding hydrogens is 467 g/mol. The molecular formula is C19H35IN8. The van der Waals surface area contributed by atoms with Crippen molar-refractivity contribution in [2.24, 2.45) is 4.99 Å². The van der Waals surface area contributed by atoms with Crippen molar-refractivity contribution in [3.8, 4) is 0 Å². The lowest BCUT2D eigenvalue weighted by molar-refractivity contribution is 0.562. The molecule has 158 valence electrons. The third kappa shape index (κ3) is 7.76. The van der Waals surface area contributed by atoms with E-state index in [9.17, 15) is 0 Å². The number of guanidine groups is 1. The van der Waals surface area contributed by atoms with Crippen LogP contribution in [0.4, 0.5) is 0 Å². The van der Waals surface area contributed by atoms with E-state index in [1.54, 1.807) is 6.33 Å². The Kier molecular flexibility index (Phi) is 11.1. The lowest BCUT2D eigenvalue weighted by Gasteiger charge is -2.17. The Hall–Kier alpha value is -1.65. The molecule has 0 amide bonds. The first-order valence-electron chi connectivity index (χ1n) is 9.96. The molecule has 0 saturated carbocycles. The molecule has 1 atom stereocenters. The van der Waals surface area contributed by atoms with Gasteiger partial charge in [0.1, 0.15) is 12.2 Å². The number of halogens is 1. The van der Waals surface area contributed by atoms with Gasteiger partial charge in [-0.25, -0.2) is 0 Å². The molecule has 0 radical (unpaired) electrons. The zero-order valence-electron chi connectivity index (χ0n) is 17.8. The Labute approximate surface area is 185 Å². The first kappa shape index (κ1) is 24.4. The second kappa shape index (κ2) is 12.7. The average Bonchev–Trinajstić information content (AvgIpc) is 3.23. The third-order valence-corrected chi connectivity index (χ3v) is 4.55. The summed E-state index contributed by atoms with van der Waals surface area (Å²) in [6.45, 7) is 13.8. The molecule has 2 N–H and O–H groups in total. The summed E-state index contributed by atoms with van der Waals surface area (Å²) >= 11 is 0. The van der Waals surface area contributed by atoms with E-state index in [2.05, 4.69) is 68.9 Å². The Morgan fingerprint density at radius 2 is 2.04 bits per heavy atom. The van der Waals surface area contributed by atoms with Gasteiger partial charge in [0.05, 0.1) is 5.69 Å². The van der Waals surface area contributed by atoms with Gasteiger partial charge in [0.25, 0.3) is 0 Å². The maximum absolute atomic E-state index is 4.74. The van der Waals surface area contributed by atoms with Crippen molar-refractivity contribution in [1.82, 2.24) is 35.2 Å². The molecule has 0 aromatic carbocycles. The maximum atomic E-state index is 4.74. The van der Waals surface area contributed by atoms with Gasteiger partial charge >= 0.3 is 0 Å². The Balaban J connectivity index is 0.00000392. The predicted octanol–water partition coefficient (Wildman–Crippen LogP) is 2.70. The zero-order chi connectivity index (χ0) is 19.6. The van der Waals surface area contributed by atoms with E-state index in [1.807, 2.05) is 6.92 Å². The van der Waals surface area contributed by atoms with Crippen LogP contribution in [0.1, 0.15) is 50.8 Å². The van der Waals surface area contributed by atoms with Gasteiger partial charge in [0.15, 0.2) is 5.96 Å². The van der Waals surface area contributed by atoms with E-state index in [4.69, 9.17) is 4.99 Å². The average molecular weight is 502 g/mol. The van der Waals surface area contributed by atoms with Crippen molar-refractivity contribution in [3.63, 3.8) is 0 Å². The van der Waals surface area contributed by atoms with Crippen LogP contribution in [-0.2, 0) is 19.5 Å². The smallest absolute Gasteiger partial charge is 0.191 e. The fraction of sp³-hybridized carbons (Fsp3) is 0.684. The highest BCUT2D eigenvalue weighted by molar-refractivity contribution is 14.0. The monoisotopic (exact) mass is 502 g/mol. The number of nitrogens with one attached hydrogen (secondary N) is 2. The molecule has 2 aromatic heterocycles. The summed E-state index contributed by atoms with van der Waals surface area (Å²) in [6.07, 6.45) is 4.69. The van der Waals surface area contributed by atoms with Gasteiger partial charge in [-0.05, 0) is 39.7 Å². The van der Waals surface area contributed by atoms with Crippen molar-refractivity contribution < 1.29 is 0 Å². The SMILES string of the molecule is CCc1nncn1CCNC(=NCCCn1nc(C)cc1C)NC(C)CC.I. The molecule has 1 unspecified atom stereocenters. The molecule has 0 fully saturated rings. The zero-order valence-corrected chi connectivity index (χ0v) is 20.1. The second-order valence-corrected chi connectivity index (χ2v) is 6.91. The number of hydrogen-bond donors (Lipinski definition) is 2. The van der Waals surface area contributed by atoms with E-state index < -0.39 is 0 Å². The number of aryl methyl sites for hydroxylation is 4. The number of nitrogens with zero attached hydrogens (tertiary/aromatic N) is 6. The highest BCUT2D eigenvalue weighted by Gasteiger charge is 2.06. The second-order valence-electron chi connectivity index (χ2n) is 6.91. The van der Waals surface area contributed by atoms with Gasteiger partial charge < -0.3 is 15.2 Å². The van der Waals surface area contributed by atoms with Crippen LogP contribution >= 0.6 is 24.0 Å². The number of hydrogen-bond acceptors (Lipinski definition) is 4. The normalized spacial score (nSPS) is 12.5. The fourth-order valence-electron chi connectivity index (χ4n) is 2.83. The summed E-state index contributed by atoms with van der Waals surface area (Å²) in [5.74, 6) is 1.87. The highest BCUT2D eigenvalue weighted by atomic mass is 127. The van der Waals surface area contributed by atoms with Crippen LogP contribution in [0.25, 0.3) is 0 Å². The van der Waals surface area contributed by atoms with Crippen molar-refractivity contribution in [2.45, 2.75) is 73.0 Å². The first-order chi connectivity index (χ1) is 13.0. The van der Waals surface area contributed by atoms with Crippen LogP contribution in [-0.4, -0.2) is 49.6 Å². The van der Waals surface area contributed by atoms with Gasteiger partial charge in [-0.3, -0.25) is 9.67 Å². The summed E-state index contributed by atoms with van der Waals surface area (Å²) in [4.78, 5) is 4.74. The van der Waals surface area contributed by atoms with Gasteiger partial charge in [0.2, 0.25) is 0 Å². The number of aromatic nitrogens is 5. The summed E-state index contributed by atoms with van der Waals surface area (Å²) < 4.78 is 4.13. The van der Waals surface area contributed by atoms with Crippen LogP contribution in [0.15, 0.2) is 17.4 Å². The molecule has 9 heteroatoms. The van der Waals surface area contributed by atoms with Crippen LogP contribution in [0.3, 0.4) is 0 Å². The molecule has 0 bridgehead atoms. The third-order valence-electron chi connectivity index (χ3n) is 4.55. The van der Waals surface area contributed by atoms with Gasteiger partial charge in [0, 0.05) is 44.3 Å². The summed E-state index contributed by atoms with van der Waals surface area (Å²) in [5, 5.41) is 19.5. The number of aliphatic imine (C=N–C) groups is 1. The molecule has 0 aliphatic carbocycles. The predicted molar refractivity (Wildman–Crippen MR) is 124 cm³/mol. The van der Waals surface area contributed by atoms with Gasteiger partial charge in [-0.15, -0.1) is 34.2 Å². The molecule has 28 heavy (non-hydrogen) atoms. The quantitative estimate of drug-likeness (QED) is 0.226. The molecule has 0 saturated heterocycles. The van der Waals surface area contributed by atoms with E-state index >= 15 is 0 Å². The standard InChI is InChI=1S/C19H34N8.HI/c1-6-15(3)23-19(21-10-12-26-14-22-24-18(26)7-2)20-9-8-11-27-17(5)13-16(4)25-27;/h13-15H,6-12H2,1-5H3,(H2,20,21,23);1H. The molecule has 0 aliphatic heterocycles. The van der Waals surface area contributed by atoms with Crippen molar-refractivity contribution >= 4 is 29.9 Å². The minimum Gasteiger partial charge on any atom is -0.355 e. The maximum Gasteiger partial charge on any atom is 0.191 e. The molecule has 0 spiro atoms. The lowest BCUT2D eigenvalue weighted by Crippen LogP contribution is -2.43. The molecule has 8 nitrogen and oxygen atoms in total. The number of rotatable bonds is 10. The van der Waals surface area contributed by atoms with Crippen LogP contribution in [0, 0.1) is 13.8 Å². The van der Waals surface area contributed by atoms with Crippen LogP contribution < -0.4 is 10.6 Å². The van der Waals surface area contributed by atoms with E-state index in [0.717, 1.165) is 62.9 Å². The van der Waals surface area contributed by atoms with Crippen LogP contribution in [0.5, 0.6) is 0 Å². The lowest BCUT2D eigenvalue weighted by atomic mass is 10.3. The first-order valence-corrected chi connectivity index (χ1v) is 9.96. The highest BCUT2D eigenvalue weighted by Crippen LogP contribution is 2.02. The molecule has 0 aliphatic rings. The molecule has 2 aromatic rings. The van der Waals surface area contributed by atoms with Crippen molar-refractivity contribution in [1.29, 1.82) is 0 Å². The molecule has 2 heterocycles. The largest absolute Gasteiger partial charge is 0.355 e. The van der Waals surface area contributed by atoms with E-state index in [-0.39, 0.29) is 24.0 Å². The van der Waals surface area contributed by atoms with Gasteiger partial charge in [-0.1, -0.05) is 13.8 Å². The Morgan fingerprint density at radius 1 is 1.25 bits per heavy atom. The minimum absolute atomic E-state index is 0. The summed E-state index contributed by atoms with van der Waals surface area (Å²) in [6, 6.07) is 2.49. The molecule has 2 rings (SSSR count). The van der Waals surface area contributed by atoms with Crippen LogP contribution in [0.2, 0.25) is 0 Å². The van der Waals surface area contributed by atoms with Crippen molar-refractivity contribution in [3.05, 3.63) is 29.6 Å². The van der Waals surface area contributed by atoms with E-state index in [1.165, 1.54) is 5.69 Å². The topological polar surface area (TPSA) is 85.0 Å². The Morgan fingerprint density at radius 3 is 2.68 bits per heavy atom. The summed E-state index contributed by atoms with van der Waals surface area (Å²) in [5.41, 5.74) is 2.27.